The van der Waals surface area contributed by atoms with Gasteiger partial charge in [-0.1, -0.05) is 33.4 Å². The van der Waals surface area contributed by atoms with Crippen LogP contribution in [0, 0.1) is 24.7 Å². The van der Waals surface area contributed by atoms with Crippen molar-refractivity contribution < 1.29 is 33.7 Å². The highest BCUT2D eigenvalue weighted by atomic mass is 16.6. The first-order chi connectivity index (χ1) is 21.4. The molecule has 2 amide bonds. The summed E-state index contributed by atoms with van der Waals surface area (Å²) in [4.78, 5) is 50.3. The van der Waals surface area contributed by atoms with Crippen LogP contribution in [-0.2, 0) is 14.3 Å². The molecule has 11 heteroatoms. The van der Waals surface area contributed by atoms with Gasteiger partial charge in [0.05, 0.1) is 30.6 Å². The molecule has 0 spiro atoms. The SMILES string of the molecule is C=CC1CC1(NC(=O)C1C(C)C(Oc2cc(C(=C)N=C(C)C(C)C)nc3c(C)c(OC)ccc23)CN1C(=O)OC(C)(C)C)C(=O)O. The van der Waals surface area contributed by atoms with E-state index in [-0.39, 0.29) is 18.9 Å². The van der Waals surface area contributed by atoms with Crippen LogP contribution in [0.25, 0.3) is 16.6 Å². The van der Waals surface area contributed by atoms with Gasteiger partial charge in [0.15, 0.2) is 0 Å². The number of methoxy groups -OCH3 is 1. The molecule has 1 aromatic heterocycles. The van der Waals surface area contributed by atoms with Crippen LogP contribution < -0.4 is 14.8 Å². The Morgan fingerprint density at radius 1 is 1.24 bits per heavy atom. The second-order valence-electron chi connectivity index (χ2n) is 13.6. The topological polar surface area (TPSA) is 140 Å². The maximum Gasteiger partial charge on any atom is 0.411 e. The van der Waals surface area contributed by atoms with Crippen LogP contribution in [0.1, 0.15) is 66.1 Å². The van der Waals surface area contributed by atoms with Gasteiger partial charge >= 0.3 is 12.1 Å². The van der Waals surface area contributed by atoms with Crippen molar-refractivity contribution in [1.29, 1.82) is 0 Å². The molecule has 2 heterocycles. The van der Waals surface area contributed by atoms with Gasteiger partial charge in [-0.25, -0.2) is 14.6 Å². The normalized spacial score (nSPS) is 24.5. The molecular formula is C35H46N4O7. The number of ether oxygens (including phenoxy) is 3. The molecule has 2 fully saturated rings. The summed E-state index contributed by atoms with van der Waals surface area (Å²) < 4.78 is 17.9. The number of rotatable bonds is 10. The zero-order valence-electron chi connectivity index (χ0n) is 28.3. The number of fused-ring (bicyclic) bond motifs is 1. The lowest BCUT2D eigenvalue weighted by Gasteiger charge is -2.29. The van der Waals surface area contributed by atoms with Crippen LogP contribution in [0.2, 0.25) is 0 Å². The number of hydrogen-bond acceptors (Lipinski definition) is 8. The van der Waals surface area contributed by atoms with Gasteiger partial charge in [-0.2, -0.15) is 0 Å². The number of pyridine rings is 1. The molecule has 1 aliphatic carbocycles. The predicted molar refractivity (Wildman–Crippen MR) is 177 cm³/mol. The van der Waals surface area contributed by atoms with Crippen molar-refractivity contribution in [2.75, 3.05) is 13.7 Å². The number of aliphatic imine (C=N–C) groups is 1. The number of benzene rings is 1. The lowest BCUT2D eigenvalue weighted by Crippen LogP contribution is -2.55. The molecule has 2 N–H and O–H groups in total. The van der Waals surface area contributed by atoms with Gasteiger partial charge < -0.3 is 24.6 Å². The molecule has 2 aliphatic rings. The van der Waals surface area contributed by atoms with Gasteiger partial charge in [0, 0.05) is 34.6 Å². The molecule has 5 unspecified atom stereocenters. The highest BCUT2D eigenvalue weighted by molar-refractivity contribution is 5.95. The number of carboxylic acid groups (broad SMARTS) is 1. The van der Waals surface area contributed by atoms with E-state index in [1.54, 1.807) is 40.9 Å². The Balaban J connectivity index is 1.76. The summed E-state index contributed by atoms with van der Waals surface area (Å²) in [5.74, 6) is -1.35. The van der Waals surface area contributed by atoms with Crippen molar-refractivity contribution >= 4 is 40.3 Å². The first-order valence-electron chi connectivity index (χ1n) is 15.5. The number of amides is 2. The zero-order chi connectivity index (χ0) is 34.3. The summed E-state index contributed by atoms with van der Waals surface area (Å²) >= 11 is 0. The van der Waals surface area contributed by atoms with E-state index in [1.165, 1.54) is 11.0 Å². The summed E-state index contributed by atoms with van der Waals surface area (Å²) in [5.41, 5.74) is 1.03. The maximum absolute atomic E-state index is 13.8. The first-order valence-corrected chi connectivity index (χ1v) is 15.5. The number of nitrogens with zero attached hydrogens (tertiary/aromatic N) is 3. The van der Waals surface area contributed by atoms with Crippen LogP contribution in [0.15, 0.2) is 42.4 Å². The lowest BCUT2D eigenvalue weighted by molar-refractivity contribution is -0.144. The fraction of sp³-hybridized carbons (Fsp3) is 0.514. The smallest absolute Gasteiger partial charge is 0.411 e. The van der Waals surface area contributed by atoms with Crippen molar-refractivity contribution in [2.45, 2.75) is 85.1 Å². The van der Waals surface area contributed by atoms with Gasteiger partial charge in [0.25, 0.3) is 0 Å². The minimum absolute atomic E-state index is 0.0268. The molecule has 5 atom stereocenters. The van der Waals surface area contributed by atoms with Crippen molar-refractivity contribution in [2.24, 2.45) is 22.7 Å². The van der Waals surface area contributed by atoms with E-state index < -0.39 is 53.1 Å². The number of aromatic nitrogens is 1. The Morgan fingerprint density at radius 2 is 1.91 bits per heavy atom. The zero-order valence-corrected chi connectivity index (χ0v) is 28.3. The monoisotopic (exact) mass is 634 g/mol. The van der Waals surface area contributed by atoms with E-state index in [0.717, 1.165) is 11.3 Å². The summed E-state index contributed by atoms with van der Waals surface area (Å²) in [6, 6.07) is 4.40. The maximum atomic E-state index is 13.8. The van der Waals surface area contributed by atoms with Crippen LogP contribution in [0.4, 0.5) is 4.79 Å². The summed E-state index contributed by atoms with van der Waals surface area (Å²) in [5, 5.41) is 13.3. The second-order valence-corrected chi connectivity index (χ2v) is 13.6. The minimum atomic E-state index is -1.46. The highest BCUT2D eigenvalue weighted by Crippen LogP contribution is 2.45. The average Bonchev–Trinajstić information content (AvgIpc) is 3.59. The van der Waals surface area contributed by atoms with Crippen molar-refractivity contribution in [3.8, 4) is 11.5 Å². The summed E-state index contributed by atoms with van der Waals surface area (Å²) in [6.07, 6.45) is 0.392. The number of carbonyl (C=O) groups excluding carboxylic acids is 2. The molecule has 1 saturated carbocycles. The van der Waals surface area contributed by atoms with Crippen molar-refractivity contribution in [3.63, 3.8) is 0 Å². The number of carbonyl (C=O) groups is 3. The van der Waals surface area contributed by atoms with E-state index >= 15 is 0 Å². The number of likely N-dealkylation sites (tertiary alicyclic amines) is 1. The molecule has 11 nitrogen and oxygen atoms in total. The Morgan fingerprint density at radius 3 is 2.46 bits per heavy atom. The predicted octanol–water partition coefficient (Wildman–Crippen LogP) is 5.79. The molecule has 0 bridgehead atoms. The molecule has 1 aliphatic heterocycles. The van der Waals surface area contributed by atoms with Crippen molar-refractivity contribution in [3.05, 3.63) is 48.7 Å². The van der Waals surface area contributed by atoms with Gasteiger partial charge in [-0.05, 0) is 59.1 Å². The summed E-state index contributed by atoms with van der Waals surface area (Å²) in [7, 11) is 1.59. The molecule has 0 radical (unpaired) electrons. The van der Waals surface area contributed by atoms with Crippen LogP contribution >= 0.6 is 0 Å². The van der Waals surface area contributed by atoms with Gasteiger partial charge in [-0.3, -0.25) is 14.7 Å². The Kier molecular flexibility index (Phi) is 9.57. The van der Waals surface area contributed by atoms with E-state index in [9.17, 15) is 19.5 Å². The quantitative estimate of drug-likeness (QED) is 0.247. The van der Waals surface area contributed by atoms with E-state index in [0.29, 0.717) is 33.8 Å². The fourth-order valence-electron chi connectivity index (χ4n) is 5.71. The number of aryl methyl sites for hydroxylation is 1. The second kappa shape index (κ2) is 12.8. The van der Waals surface area contributed by atoms with Crippen LogP contribution in [0.3, 0.4) is 0 Å². The number of aliphatic carboxylic acids is 1. The molecule has 248 valence electrons. The third-order valence-electron chi connectivity index (χ3n) is 8.81. The average molecular weight is 635 g/mol. The van der Waals surface area contributed by atoms with Gasteiger partial charge in [-0.15, -0.1) is 6.58 Å². The van der Waals surface area contributed by atoms with E-state index in [1.807, 2.05) is 39.8 Å². The lowest BCUT2D eigenvalue weighted by atomic mass is 9.98. The minimum Gasteiger partial charge on any atom is -0.496 e. The largest absolute Gasteiger partial charge is 0.496 e. The Hall–Kier alpha value is -4.41. The highest BCUT2D eigenvalue weighted by Gasteiger charge is 2.62. The van der Waals surface area contributed by atoms with Crippen LogP contribution in [-0.4, -0.2) is 75.6 Å². The number of hydrogen-bond donors (Lipinski definition) is 2. The fourth-order valence-corrected chi connectivity index (χ4v) is 5.71. The molecule has 46 heavy (non-hydrogen) atoms. The first kappa shape index (κ1) is 34.5. The Bertz CT molecular complexity index is 1610. The van der Waals surface area contributed by atoms with Gasteiger partial charge in [0.1, 0.15) is 34.8 Å². The number of carboxylic acids is 1. The molecule has 1 saturated heterocycles. The number of nitrogens with one attached hydrogen (secondary N) is 1. The molecule has 4 rings (SSSR count). The molecular weight excluding hydrogens is 588 g/mol. The molecule has 1 aromatic carbocycles. The van der Waals surface area contributed by atoms with E-state index in [2.05, 4.69) is 23.5 Å². The van der Waals surface area contributed by atoms with E-state index in [4.69, 9.17) is 19.2 Å². The van der Waals surface area contributed by atoms with Crippen molar-refractivity contribution in [1.82, 2.24) is 15.2 Å². The Labute approximate surface area is 270 Å². The standard InChI is InChI=1S/C35H46N4O7/c1-12-23-16-35(23,32(41)42)38-31(40)30-20(5)28(17-39(30)33(43)46-34(8,9)10)45-27-15-25(22(7)36-21(6)18(2)3)37-29-19(4)26(44-11)14-13-24(27)29/h12-15,18,20,23,28,30H,1,7,16-17H2,2-6,8-11H3,(H,38,40)(H,41,42). The van der Waals surface area contributed by atoms with Gasteiger partial charge in [0.2, 0.25) is 5.91 Å². The van der Waals surface area contributed by atoms with Crippen LogP contribution in [0.5, 0.6) is 11.5 Å². The third kappa shape index (κ3) is 6.73. The molecule has 2 aromatic rings. The third-order valence-corrected chi connectivity index (χ3v) is 8.81. The summed E-state index contributed by atoms with van der Waals surface area (Å²) in [6.45, 7) is 22.9.